The zero-order chi connectivity index (χ0) is 15.5. The van der Waals surface area contributed by atoms with E-state index < -0.39 is 21.7 Å². The van der Waals surface area contributed by atoms with Crippen LogP contribution in [0, 0.1) is 4.78 Å². The molecule has 2 atom stereocenters. The van der Waals surface area contributed by atoms with E-state index in [1.54, 1.807) is 17.2 Å². The molecule has 9 heteroatoms. The first kappa shape index (κ1) is 15.9. The minimum atomic E-state index is -2.82. The van der Waals surface area contributed by atoms with Gasteiger partial charge >= 0.3 is 5.97 Å². The minimum absolute atomic E-state index is 0.0169. The zero-order valence-corrected chi connectivity index (χ0v) is 12.6. The SMILES string of the molecule is N=S(=O)(CC[C@H](N)C(=O)O)CCC1(n2nccn2)CCC1. The van der Waals surface area contributed by atoms with Crippen LogP contribution in [-0.4, -0.2) is 47.8 Å². The van der Waals surface area contributed by atoms with Crippen LogP contribution in [0.2, 0.25) is 0 Å². The number of nitrogens with two attached hydrogens (primary N) is 1. The first-order chi connectivity index (χ1) is 9.85. The average molecular weight is 315 g/mol. The number of carboxylic acids is 1. The number of carbonyl (C=O) groups is 1. The van der Waals surface area contributed by atoms with Crippen molar-refractivity contribution < 1.29 is 14.1 Å². The first-order valence-electron chi connectivity index (χ1n) is 6.94. The van der Waals surface area contributed by atoms with E-state index in [9.17, 15) is 9.00 Å². The molecule has 0 spiro atoms. The van der Waals surface area contributed by atoms with Crippen molar-refractivity contribution in [2.24, 2.45) is 5.73 Å². The van der Waals surface area contributed by atoms with Gasteiger partial charge in [-0.2, -0.15) is 15.0 Å². The molecule has 1 unspecified atom stereocenters. The molecule has 1 aliphatic rings. The summed E-state index contributed by atoms with van der Waals surface area (Å²) in [5, 5.41) is 17.0. The third kappa shape index (κ3) is 3.79. The molecular weight excluding hydrogens is 294 g/mol. The Labute approximate surface area is 123 Å². The molecule has 0 aromatic carbocycles. The number of rotatable bonds is 8. The number of aliphatic carboxylic acids is 1. The topological polar surface area (TPSA) is 135 Å². The highest BCUT2D eigenvalue weighted by molar-refractivity contribution is 7.92. The summed E-state index contributed by atoms with van der Waals surface area (Å²) < 4.78 is 20.1. The second-order valence-corrected chi connectivity index (χ2v) is 8.04. The Balaban J connectivity index is 1.90. The Morgan fingerprint density at radius 1 is 1.43 bits per heavy atom. The van der Waals surface area contributed by atoms with Crippen molar-refractivity contribution in [2.45, 2.75) is 43.7 Å². The highest BCUT2D eigenvalue weighted by Crippen LogP contribution is 2.41. The highest BCUT2D eigenvalue weighted by Gasteiger charge is 2.40. The fraction of sp³-hybridized carbons (Fsp3) is 0.750. The van der Waals surface area contributed by atoms with Crippen LogP contribution in [0.25, 0.3) is 0 Å². The Morgan fingerprint density at radius 2 is 2.05 bits per heavy atom. The Bertz CT molecular complexity index is 580. The van der Waals surface area contributed by atoms with Gasteiger partial charge in [-0.25, -0.2) is 4.21 Å². The molecule has 8 nitrogen and oxygen atoms in total. The molecule has 0 aliphatic heterocycles. The van der Waals surface area contributed by atoms with Gasteiger partial charge in [0.1, 0.15) is 6.04 Å². The van der Waals surface area contributed by atoms with E-state index in [0.29, 0.717) is 6.42 Å². The van der Waals surface area contributed by atoms with Gasteiger partial charge in [0.25, 0.3) is 0 Å². The van der Waals surface area contributed by atoms with E-state index in [-0.39, 0.29) is 23.5 Å². The fourth-order valence-electron chi connectivity index (χ4n) is 2.49. The summed E-state index contributed by atoms with van der Waals surface area (Å²) in [4.78, 5) is 12.3. The maximum atomic E-state index is 12.2. The Morgan fingerprint density at radius 3 is 2.52 bits per heavy atom. The average Bonchev–Trinajstić information content (AvgIpc) is 2.89. The summed E-state index contributed by atoms with van der Waals surface area (Å²) in [5.74, 6) is -0.884. The molecule has 1 aromatic rings. The van der Waals surface area contributed by atoms with Crippen molar-refractivity contribution >= 4 is 15.7 Å². The maximum Gasteiger partial charge on any atom is 0.320 e. The quantitative estimate of drug-likeness (QED) is 0.635. The molecule has 0 radical (unpaired) electrons. The van der Waals surface area contributed by atoms with Crippen LogP contribution < -0.4 is 5.73 Å². The van der Waals surface area contributed by atoms with E-state index in [1.165, 1.54) is 0 Å². The van der Waals surface area contributed by atoms with Crippen LogP contribution in [-0.2, 0) is 20.1 Å². The van der Waals surface area contributed by atoms with Crippen LogP contribution in [0.5, 0.6) is 0 Å². The van der Waals surface area contributed by atoms with Gasteiger partial charge in [0.05, 0.1) is 17.9 Å². The molecule has 1 aliphatic carbocycles. The van der Waals surface area contributed by atoms with Gasteiger partial charge in [0, 0.05) is 21.2 Å². The molecule has 118 valence electrons. The van der Waals surface area contributed by atoms with Gasteiger partial charge < -0.3 is 10.8 Å². The normalized spacial score (nSPS) is 21.2. The molecule has 2 rings (SSSR count). The van der Waals surface area contributed by atoms with Crippen molar-refractivity contribution in [1.82, 2.24) is 15.0 Å². The standard InChI is InChI=1S/C12H21N5O3S/c13-10(11(18)19)2-8-21(14,20)9-5-12(3-1-4-12)17-15-6-7-16-17/h6-7,10,14H,1-5,8-9,13H2,(H,18,19)/t10-,21?/m0/s1. The van der Waals surface area contributed by atoms with Gasteiger partial charge in [-0.15, -0.1) is 0 Å². The third-order valence-electron chi connectivity index (χ3n) is 4.10. The van der Waals surface area contributed by atoms with Gasteiger partial charge in [0.2, 0.25) is 0 Å². The lowest BCUT2D eigenvalue weighted by atomic mass is 9.75. The molecule has 1 aromatic heterocycles. The third-order valence-corrected chi connectivity index (χ3v) is 5.86. The number of carboxylic acid groups (broad SMARTS) is 1. The van der Waals surface area contributed by atoms with Gasteiger partial charge in [-0.1, -0.05) is 0 Å². The van der Waals surface area contributed by atoms with Crippen LogP contribution >= 0.6 is 0 Å². The van der Waals surface area contributed by atoms with Crippen molar-refractivity contribution in [2.75, 3.05) is 11.5 Å². The maximum absolute atomic E-state index is 12.2. The molecule has 0 bridgehead atoms. The van der Waals surface area contributed by atoms with Gasteiger partial charge in [0.15, 0.2) is 0 Å². The number of nitrogens with zero attached hydrogens (tertiary/aromatic N) is 3. The molecule has 4 N–H and O–H groups in total. The van der Waals surface area contributed by atoms with Crippen molar-refractivity contribution in [1.29, 1.82) is 4.78 Å². The van der Waals surface area contributed by atoms with E-state index in [1.807, 2.05) is 0 Å². The number of aromatic nitrogens is 3. The molecule has 1 saturated carbocycles. The lowest BCUT2D eigenvalue weighted by Gasteiger charge is -2.40. The minimum Gasteiger partial charge on any atom is -0.480 e. The van der Waals surface area contributed by atoms with Crippen molar-refractivity contribution in [3.63, 3.8) is 0 Å². The molecular formula is C12H21N5O3S. The highest BCUT2D eigenvalue weighted by atomic mass is 32.2. The van der Waals surface area contributed by atoms with Crippen LogP contribution in [0.15, 0.2) is 12.4 Å². The second-order valence-electron chi connectivity index (χ2n) is 5.60. The predicted octanol–water partition coefficient (Wildman–Crippen LogP) is 0.396. The number of hydrogen-bond donors (Lipinski definition) is 3. The molecule has 21 heavy (non-hydrogen) atoms. The summed E-state index contributed by atoms with van der Waals surface area (Å²) in [7, 11) is -2.82. The van der Waals surface area contributed by atoms with Gasteiger partial charge in [-0.3, -0.25) is 9.57 Å². The lowest BCUT2D eigenvalue weighted by Crippen LogP contribution is -2.43. The summed E-state index contributed by atoms with van der Waals surface area (Å²) in [6.45, 7) is 0. The first-order valence-corrected chi connectivity index (χ1v) is 8.84. The summed E-state index contributed by atoms with van der Waals surface area (Å²) in [6.07, 6.45) is 6.78. The largest absolute Gasteiger partial charge is 0.480 e. The Kier molecular flexibility index (Phi) is 4.62. The Hall–Kier alpha value is -1.48. The van der Waals surface area contributed by atoms with Crippen molar-refractivity contribution in [3.8, 4) is 0 Å². The monoisotopic (exact) mass is 315 g/mol. The second kappa shape index (κ2) is 6.10. The summed E-state index contributed by atoms with van der Waals surface area (Å²) >= 11 is 0. The van der Waals surface area contributed by atoms with Crippen LogP contribution in [0.4, 0.5) is 0 Å². The summed E-state index contributed by atoms with van der Waals surface area (Å²) in [6, 6.07) is -1.05. The lowest BCUT2D eigenvalue weighted by molar-refractivity contribution is -0.138. The fourth-order valence-corrected chi connectivity index (χ4v) is 4.04. The van der Waals surface area contributed by atoms with E-state index in [2.05, 4.69) is 10.2 Å². The smallest absolute Gasteiger partial charge is 0.320 e. The van der Waals surface area contributed by atoms with E-state index >= 15 is 0 Å². The predicted molar refractivity (Wildman–Crippen MR) is 77.3 cm³/mol. The molecule has 1 fully saturated rings. The van der Waals surface area contributed by atoms with Crippen LogP contribution in [0.3, 0.4) is 0 Å². The molecule has 0 saturated heterocycles. The van der Waals surface area contributed by atoms with E-state index in [0.717, 1.165) is 19.3 Å². The van der Waals surface area contributed by atoms with Crippen molar-refractivity contribution in [3.05, 3.63) is 12.4 Å². The van der Waals surface area contributed by atoms with E-state index in [4.69, 9.17) is 15.6 Å². The zero-order valence-electron chi connectivity index (χ0n) is 11.8. The number of nitrogens with one attached hydrogen (secondary N) is 1. The van der Waals surface area contributed by atoms with Gasteiger partial charge in [-0.05, 0) is 32.1 Å². The summed E-state index contributed by atoms with van der Waals surface area (Å²) in [5.41, 5.74) is 5.17. The molecule has 1 heterocycles. The number of hydrogen-bond acceptors (Lipinski definition) is 6. The molecule has 0 amide bonds. The van der Waals surface area contributed by atoms with Crippen LogP contribution in [0.1, 0.15) is 32.1 Å².